The third-order valence-corrected chi connectivity index (χ3v) is 3.80. The average molecular weight is 219 g/mol. The fourth-order valence-electron chi connectivity index (χ4n) is 2.74. The molecule has 16 heavy (non-hydrogen) atoms. The highest BCUT2D eigenvalue weighted by molar-refractivity contribution is 5.35. The maximum Gasteiger partial charge on any atom is 0.119 e. The maximum atomic E-state index is 9.86. The highest BCUT2D eigenvalue weighted by Crippen LogP contribution is 2.34. The van der Waals surface area contributed by atoms with E-state index < -0.39 is 0 Å². The number of aromatic hydroxyl groups is 1. The summed E-state index contributed by atoms with van der Waals surface area (Å²) >= 11 is 0. The van der Waals surface area contributed by atoms with E-state index in [4.69, 9.17) is 0 Å². The first-order valence-electron chi connectivity index (χ1n) is 6.15. The molecular formula is C14H21NO. The van der Waals surface area contributed by atoms with Gasteiger partial charge in [0.15, 0.2) is 0 Å². The molecule has 0 saturated carbocycles. The third kappa shape index (κ3) is 2.38. The number of hydrogen-bond acceptors (Lipinski definition) is 2. The predicted octanol–water partition coefficient (Wildman–Crippen LogP) is 2.84. The van der Waals surface area contributed by atoms with Gasteiger partial charge in [0, 0.05) is 6.54 Å². The number of para-hydroxylation sites is 1. The SMILES string of the molecule is CC(c1ccccc1O)C1CCCN(C)C1. The van der Waals surface area contributed by atoms with Crippen molar-refractivity contribution in [2.45, 2.75) is 25.7 Å². The minimum atomic E-state index is 0.447. The molecule has 1 aliphatic rings. The Kier molecular flexibility index (Phi) is 3.49. The number of phenols is 1. The molecule has 2 heteroatoms. The molecule has 0 aliphatic carbocycles. The molecule has 0 aromatic heterocycles. The van der Waals surface area contributed by atoms with Gasteiger partial charge in [0.2, 0.25) is 0 Å². The van der Waals surface area contributed by atoms with Crippen molar-refractivity contribution in [3.8, 4) is 5.75 Å². The second-order valence-corrected chi connectivity index (χ2v) is 5.01. The van der Waals surface area contributed by atoms with Crippen LogP contribution in [-0.2, 0) is 0 Å². The Morgan fingerprint density at radius 1 is 1.38 bits per heavy atom. The van der Waals surface area contributed by atoms with Gasteiger partial charge in [0.1, 0.15) is 5.75 Å². The van der Waals surface area contributed by atoms with Crippen LogP contribution >= 0.6 is 0 Å². The van der Waals surface area contributed by atoms with Crippen molar-refractivity contribution in [2.24, 2.45) is 5.92 Å². The van der Waals surface area contributed by atoms with Crippen LogP contribution in [-0.4, -0.2) is 30.1 Å². The predicted molar refractivity (Wildman–Crippen MR) is 66.7 cm³/mol. The van der Waals surface area contributed by atoms with Gasteiger partial charge in [0.05, 0.1) is 0 Å². The van der Waals surface area contributed by atoms with Gasteiger partial charge < -0.3 is 10.0 Å². The number of rotatable bonds is 2. The molecule has 2 atom stereocenters. The van der Waals surface area contributed by atoms with Gasteiger partial charge in [0.25, 0.3) is 0 Å². The molecule has 2 unspecified atom stereocenters. The zero-order valence-electron chi connectivity index (χ0n) is 10.2. The molecule has 1 aromatic rings. The fourth-order valence-corrected chi connectivity index (χ4v) is 2.74. The van der Waals surface area contributed by atoms with Crippen LogP contribution in [0.25, 0.3) is 0 Å². The number of phenolic OH excluding ortho intramolecular Hbond substituents is 1. The van der Waals surface area contributed by atoms with Crippen molar-refractivity contribution in [1.82, 2.24) is 4.90 Å². The Morgan fingerprint density at radius 3 is 2.81 bits per heavy atom. The van der Waals surface area contributed by atoms with E-state index in [0.717, 1.165) is 12.1 Å². The molecule has 0 amide bonds. The van der Waals surface area contributed by atoms with Gasteiger partial charge in [-0.25, -0.2) is 0 Å². The van der Waals surface area contributed by atoms with Crippen molar-refractivity contribution in [1.29, 1.82) is 0 Å². The largest absolute Gasteiger partial charge is 0.508 e. The average Bonchev–Trinajstić information content (AvgIpc) is 2.29. The Hall–Kier alpha value is -1.02. The van der Waals surface area contributed by atoms with Crippen molar-refractivity contribution in [2.75, 3.05) is 20.1 Å². The zero-order chi connectivity index (χ0) is 11.5. The summed E-state index contributed by atoms with van der Waals surface area (Å²) in [4.78, 5) is 2.39. The van der Waals surface area contributed by atoms with E-state index in [2.05, 4.69) is 24.9 Å². The van der Waals surface area contributed by atoms with Gasteiger partial charge >= 0.3 is 0 Å². The number of hydrogen-bond donors (Lipinski definition) is 1. The Bertz CT molecular complexity index is 350. The van der Waals surface area contributed by atoms with Crippen LogP contribution in [0.5, 0.6) is 5.75 Å². The first kappa shape index (κ1) is 11.5. The van der Waals surface area contributed by atoms with Crippen molar-refractivity contribution < 1.29 is 5.11 Å². The van der Waals surface area contributed by atoms with E-state index >= 15 is 0 Å². The second-order valence-electron chi connectivity index (χ2n) is 5.01. The van der Waals surface area contributed by atoms with Crippen LogP contribution in [0, 0.1) is 5.92 Å². The van der Waals surface area contributed by atoms with Gasteiger partial charge in [-0.1, -0.05) is 25.1 Å². The minimum absolute atomic E-state index is 0.447. The zero-order valence-corrected chi connectivity index (χ0v) is 10.2. The lowest BCUT2D eigenvalue weighted by Gasteiger charge is -2.33. The third-order valence-electron chi connectivity index (χ3n) is 3.80. The summed E-state index contributed by atoms with van der Waals surface area (Å²) in [7, 11) is 2.18. The van der Waals surface area contributed by atoms with E-state index in [0.29, 0.717) is 17.6 Å². The van der Waals surface area contributed by atoms with E-state index in [-0.39, 0.29) is 0 Å². The summed E-state index contributed by atoms with van der Waals surface area (Å²) in [6.45, 7) is 4.60. The molecular weight excluding hydrogens is 198 g/mol. The first-order valence-corrected chi connectivity index (χ1v) is 6.15. The van der Waals surface area contributed by atoms with Crippen LogP contribution < -0.4 is 0 Å². The Labute approximate surface area is 97.9 Å². The highest BCUT2D eigenvalue weighted by atomic mass is 16.3. The first-order chi connectivity index (χ1) is 7.68. The monoisotopic (exact) mass is 219 g/mol. The standard InChI is InChI=1S/C14H21NO/c1-11(12-6-5-9-15(2)10-12)13-7-3-4-8-14(13)16/h3-4,7-8,11-12,16H,5-6,9-10H2,1-2H3. The highest BCUT2D eigenvalue weighted by Gasteiger charge is 2.25. The van der Waals surface area contributed by atoms with Crippen molar-refractivity contribution in [3.63, 3.8) is 0 Å². The number of likely N-dealkylation sites (tertiary alicyclic amines) is 1. The van der Waals surface area contributed by atoms with E-state index in [1.54, 1.807) is 6.07 Å². The molecule has 0 bridgehead atoms. The lowest BCUT2D eigenvalue weighted by Crippen LogP contribution is -2.34. The molecule has 2 rings (SSSR count). The molecule has 1 aromatic carbocycles. The summed E-state index contributed by atoms with van der Waals surface area (Å²) in [6, 6.07) is 7.74. The maximum absolute atomic E-state index is 9.86. The van der Waals surface area contributed by atoms with Crippen molar-refractivity contribution in [3.05, 3.63) is 29.8 Å². The van der Waals surface area contributed by atoms with E-state index in [1.807, 2.05) is 12.1 Å². The topological polar surface area (TPSA) is 23.5 Å². The smallest absolute Gasteiger partial charge is 0.119 e. The van der Waals surface area contributed by atoms with Gasteiger partial charge in [-0.05, 0) is 49.9 Å². The van der Waals surface area contributed by atoms with Crippen LogP contribution in [0.15, 0.2) is 24.3 Å². The Balaban J connectivity index is 2.12. The summed E-state index contributed by atoms with van der Waals surface area (Å²) < 4.78 is 0. The van der Waals surface area contributed by atoms with Crippen LogP contribution in [0.4, 0.5) is 0 Å². The molecule has 0 radical (unpaired) electrons. The van der Waals surface area contributed by atoms with E-state index in [1.165, 1.54) is 19.4 Å². The minimum Gasteiger partial charge on any atom is -0.508 e. The molecule has 88 valence electrons. The molecule has 1 N–H and O–H groups in total. The summed E-state index contributed by atoms with van der Waals surface area (Å²) in [5, 5.41) is 9.86. The fraction of sp³-hybridized carbons (Fsp3) is 0.571. The summed E-state index contributed by atoms with van der Waals surface area (Å²) in [5.74, 6) is 1.57. The summed E-state index contributed by atoms with van der Waals surface area (Å²) in [6.07, 6.45) is 2.55. The van der Waals surface area contributed by atoms with Gasteiger partial charge in [-0.2, -0.15) is 0 Å². The molecule has 2 nitrogen and oxygen atoms in total. The Morgan fingerprint density at radius 2 is 2.12 bits per heavy atom. The quantitative estimate of drug-likeness (QED) is 0.826. The second kappa shape index (κ2) is 4.88. The summed E-state index contributed by atoms with van der Waals surface area (Å²) in [5.41, 5.74) is 1.10. The van der Waals surface area contributed by atoms with Gasteiger partial charge in [-0.15, -0.1) is 0 Å². The number of piperidine rings is 1. The lowest BCUT2D eigenvalue weighted by molar-refractivity contribution is 0.190. The molecule has 1 heterocycles. The van der Waals surface area contributed by atoms with Crippen LogP contribution in [0.3, 0.4) is 0 Å². The molecule has 1 aliphatic heterocycles. The lowest BCUT2D eigenvalue weighted by atomic mass is 9.82. The van der Waals surface area contributed by atoms with Crippen molar-refractivity contribution >= 4 is 0 Å². The number of nitrogens with zero attached hydrogens (tertiary/aromatic N) is 1. The van der Waals surface area contributed by atoms with Crippen LogP contribution in [0.1, 0.15) is 31.2 Å². The molecule has 1 saturated heterocycles. The van der Waals surface area contributed by atoms with Crippen LogP contribution in [0.2, 0.25) is 0 Å². The van der Waals surface area contributed by atoms with Gasteiger partial charge in [-0.3, -0.25) is 0 Å². The van der Waals surface area contributed by atoms with E-state index in [9.17, 15) is 5.11 Å². The molecule has 1 fully saturated rings. The normalized spacial score (nSPS) is 24.2. The molecule has 0 spiro atoms. The number of benzene rings is 1.